The number of carbonyl (C=O) groups excluding carboxylic acids is 1. The summed E-state index contributed by atoms with van der Waals surface area (Å²) < 4.78 is 5.31. The molecule has 2 saturated heterocycles. The first-order chi connectivity index (χ1) is 12.7. The van der Waals surface area contributed by atoms with E-state index < -0.39 is 0 Å². The lowest BCUT2D eigenvalue weighted by Gasteiger charge is -2.43. The van der Waals surface area contributed by atoms with E-state index in [4.69, 9.17) is 16.3 Å². The molecule has 26 heavy (non-hydrogen) atoms. The number of allylic oxidation sites excluding steroid dienone is 1. The molecule has 0 aromatic heterocycles. The highest BCUT2D eigenvalue weighted by Gasteiger charge is 2.29. The van der Waals surface area contributed by atoms with Crippen LogP contribution in [0.2, 0.25) is 5.02 Å². The Morgan fingerprint density at radius 1 is 1.12 bits per heavy atom. The van der Waals surface area contributed by atoms with Crippen molar-refractivity contribution in [2.45, 2.75) is 18.9 Å². The maximum atomic E-state index is 10.6. The standard InChI is InChI=1S/C20H24ClN3O2/c21-19-9-17(11-22-14-25)16(4-3-15-1-2-15)10-20(19)24-7-5-23(6-8-24)18-12-26-13-18/h3-4,9-11,14-15,18H,1-2,5-8,12-13H2/b4-3+,22-11?. The SMILES string of the molecule is O=CN=Cc1cc(Cl)c(N2CCN(C3COC3)CC2)cc1/C=C/C1CC1. The summed E-state index contributed by atoms with van der Waals surface area (Å²) in [5.74, 6) is 0.693. The Labute approximate surface area is 159 Å². The number of nitrogens with zero attached hydrogens (tertiary/aromatic N) is 3. The summed E-state index contributed by atoms with van der Waals surface area (Å²) in [7, 11) is 0. The molecule has 5 nitrogen and oxygen atoms in total. The van der Waals surface area contributed by atoms with Crippen LogP contribution < -0.4 is 4.90 Å². The van der Waals surface area contributed by atoms with E-state index in [1.54, 1.807) is 6.21 Å². The maximum Gasteiger partial charge on any atom is 0.232 e. The van der Waals surface area contributed by atoms with E-state index in [2.05, 4.69) is 33.0 Å². The van der Waals surface area contributed by atoms with Crippen LogP contribution in [0.3, 0.4) is 0 Å². The second-order valence-electron chi connectivity index (χ2n) is 7.23. The van der Waals surface area contributed by atoms with Gasteiger partial charge in [0, 0.05) is 38.0 Å². The lowest BCUT2D eigenvalue weighted by molar-refractivity contribution is -0.106. The van der Waals surface area contributed by atoms with Gasteiger partial charge >= 0.3 is 0 Å². The fourth-order valence-corrected chi connectivity index (χ4v) is 3.78. The minimum absolute atomic E-state index is 0.555. The van der Waals surface area contributed by atoms with E-state index in [0.29, 0.717) is 23.4 Å². The Morgan fingerprint density at radius 2 is 1.88 bits per heavy atom. The number of amides is 1. The van der Waals surface area contributed by atoms with E-state index in [1.165, 1.54) is 12.8 Å². The molecule has 3 fully saturated rings. The average Bonchev–Trinajstić information content (AvgIpc) is 3.43. The van der Waals surface area contributed by atoms with Crippen LogP contribution in [0, 0.1) is 5.92 Å². The van der Waals surface area contributed by atoms with Crippen molar-refractivity contribution in [2.75, 3.05) is 44.3 Å². The molecule has 1 aromatic carbocycles. The van der Waals surface area contributed by atoms with E-state index in [0.717, 1.165) is 56.2 Å². The highest BCUT2D eigenvalue weighted by Crippen LogP contribution is 2.34. The monoisotopic (exact) mass is 373 g/mol. The summed E-state index contributed by atoms with van der Waals surface area (Å²) in [6.45, 7) is 5.72. The van der Waals surface area contributed by atoms with Crippen molar-refractivity contribution in [3.8, 4) is 0 Å². The van der Waals surface area contributed by atoms with Crippen molar-refractivity contribution < 1.29 is 9.53 Å². The second kappa shape index (κ2) is 7.91. The van der Waals surface area contributed by atoms with Crippen molar-refractivity contribution in [2.24, 2.45) is 10.9 Å². The number of anilines is 1. The maximum absolute atomic E-state index is 10.6. The number of hydrogen-bond acceptors (Lipinski definition) is 4. The third-order valence-corrected chi connectivity index (χ3v) is 5.69. The van der Waals surface area contributed by atoms with Gasteiger partial charge in [-0.1, -0.05) is 23.8 Å². The minimum Gasteiger partial charge on any atom is -0.378 e. The van der Waals surface area contributed by atoms with Crippen molar-refractivity contribution in [3.05, 3.63) is 34.4 Å². The normalized spacial score (nSPS) is 22.3. The summed E-state index contributed by atoms with van der Waals surface area (Å²) in [4.78, 5) is 19.2. The minimum atomic E-state index is 0.555. The molecule has 0 atom stereocenters. The second-order valence-corrected chi connectivity index (χ2v) is 7.63. The highest BCUT2D eigenvalue weighted by atomic mass is 35.5. The number of benzene rings is 1. The molecule has 2 heterocycles. The molecule has 4 rings (SSSR count). The van der Waals surface area contributed by atoms with Crippen LogP contribution in [0.5, 0.6) is 0 Å². The molecule has 0 radical (unpaired) electrons. The Kier molecular flexibility index (Phi) is 5.38. The van der Waals surface area contributed by atoms with E-state index in [1.807, 2.05) is 6.07 Å². The molecule has 1 aromatic rings. The van der Waals surface area contributed by atoms with Crippen molar-refractivity contribution in [1.82, 2.24) is 4.90 Å². The zero-order valence-corrected chi connectivity index (χ0v) is 15.6. The van der Waals surface area contributed by atoms with Gasteiger partial charge in [0.25, 0.3) is 0 Å². The molecule has 3 aliphatic rings. The number of piperazine rings is 1. The Balaban J connectivity index is 1.54. The summed E-state index contributed by atoms with van der Waals surface area (Å²) in [6, 6.07) is 4.64. The van der Waals surface area contributed by atoms with Gasteiger partial charge in [0.05, 0.1) is 30.0 Å². The van der Waals surface area contributed by atoms with Crippen molar-refractivity contribution in [1.29, 1.82) is 0 Å². The van der Waals surface area contributed by atoms with E-state index in [-0.39, 0.29) is 0 Å². The van der Waals surface area contributed by atoms with Gasteiger partial charge in [-0.2, -0.15) is 0 Å². The summed E-state index contributed by atoms with van der Waals surface area (Å²) >= 11 is 6.58. The van der Waals surface area contributed by atoms with Crippen LogP contribution in [-0.4, -0.2) is 63.0 Å². The van der Waals surface area contributed by atoms with Gasteiger partial charge in [-0.05, 0) is 36.5 Å². The summed E-state index contributed by atoms with van der Waals surface area (Å²) in [5, 5.41) is 0.710. The van der Waals surface area contributed by atoms with Gasteiger partial charge in [-0.3, -0.25) is 9.69 Å². The smallest absolute Gasteiger partial charge is 0.232 e. The number of hydrogen-bond donors (Lipinski definition) is 0. The van der Waals surface area contributed by atoms with E-state index in [9.17, 15) is 4.79 Å². The molecule has 0 spiro atoms. The largest absolute Gasteiger partial charge is 0.378 e. The van der Waals surface area contributed by atoms with Gasteiger partial charge in [-0.15, -0.1) is 0 Å². The molecule has 1 saturated carbocycles. The average molecular weight is 374 g/mol. The van der Waals surface area contributed by atoms with Gasteiger partial charge in [0.2, 0.25) is 6.41 Å². The lowest BCUT2D eigenvalue weighted by atomic mass is 10.0. The number of halogens is 1. The topological polar surface area (TPSA) is 45.1 Å². The Hall–Kier alpha value is -1.69. The quantitative estimate of drug-likeness (QED) is 0.568. The molecule has 0 N–H and O–H groups in total. The van der Waals surface area contributed by atoms with Crippen LogP contribution in [0.15, 0.2) is 23.2 Å². The molecule has 0 unspecified atom stereocenters. The van der Waals surface area contributed by atoms with E-state index >= 15 is 0 Å². The van der Waals surface area contributed by atoms with Gasteiger partial charge < -0.3 is 9.64 Å². The predicted octanol–water partition coefficient (Wildman–Crippen LogP) is 2.86. The molecule has 0 bridgehead atoms. The first-order valence-electron chi connectivity index (χ1n) is 9.30. The first kappa shape index (κ1) is 17.7. The predicted molar refractivity (Wildman–Crippen MR) is 105 cm³/mol. The molecule has 1 amide bonds. The summed E-state index contributed by atoms with van der Waals surface area (Å²) in [5.41, 5.74) is 3.01. The number of ether oxygens (including phenoxy) is 1. The molecule has 2 aliphatic heterocycles. The third-order valence-electron chi connectivity index (χ3n) is 5.39. The van der Waals surface area contributed by atoms with Crippen molar-refractivity contribution in [3.63, 3.8) is 0 Å². The number of rotatable bonds is 6. The van der Waals surface area contributed by atoms with Crippen LogP contribution >= 0.6 is 11.6 Å². The Bertz CT molecular complexity index is 718. The van der Waals surface area contributed by atoms with Crippen molar-refractivity contribution >= 4 is 36.0 Å². The van der Waals surface area contributed by atoms with Crippen LogP contribution in [0.1, 0.15) is 24.0 Å². The lowest BCUT2D eigenvalue weighted by Crippen LogP contribution is -2.56. The Morgan fingerprint density at radius 3 is 2.50 bits per heavy atom. The van der Waals surface area contributed by atoms with Crippen LogP contribution in [0.25, 0.3) is 6.08 Å². The highest BCUT2D eigenvalue weighted by molar-refractivity contribution is 6.33. The number of aliphatic imine (C=N–C) groups is 1. The zero-order valence-electron chi connectivity index (χ0n) is 14.8. The van der Waals surface area contributed by atoms with Crippen LogP contribution in [0.4, 0.5) is 5.69 Å². The molecular formula is C20H24ClN3O2. The van der Waals surface area contributed by atoms with Gasteiger partial charge in [-0.25, -0.2) is 4.99 Å². The number of carbonyl (C=O) groups is 1. The third kappa shape index (κ3) is 4.00. The molecule has 1 aliphatic carbocycles. The summed E-state index contributed by atoms with van der Waals surface area (Å²) in [6.07, 6.45) is 9.07. The zero-order chi connectivity index (χ0) is 17.9. The molecular weight excluding hydrogens is 350 g/mol. The van der Waals surface area contributed by atoms with Gasteiger partial charge in [0.15, 0.2) is 0 Å². The first-order valence-corrected chi connectivity index (χ1v) is 9.67. The van der Waals surface area contributed by atoms with Crippen LogP contribution in [-0.2, 0) is 9.53 Å². The molecule has 6 heteroatoms. The molecule has 138 valence electrons. The fourth-order valence-electron chi connectivity index (χ4n) is 3.49. The fraction of sp³-hybridized carbons (Fsp3) is 0.500. The van der Waals surface area contributed by atoms with Gasteiger partial charge in [0.1, 0.15) is 0 Å².